The number of rotatable bonds is 5. The van der Waals surface area contributed by atoms with Crippen LogP contribution >= 0.6 is 0 Å². The molecule has 0 spiro atoms. The van der Waals surface area contributed by atoms with Gasteiger partial charge < -0.3 is 14.6 Å². The normalized spacial score (nSPS) is 10.8. The summed E-state index contributed by atoms with van der Waals surface area (Å²) in [4.78, 5) is 10.4. The molecule has 0 atom stereocenters. The van der Waals surface area contributed by atoms with Gasteiger partial charge in [0.2, 0.25) is 0 Å². The van der Waals surface area contributed by atoms with Gasteiger partial charge >= 0.3 is 5.97 Å². The lowest BCUT2D eigenvalue weighted by molar-refractivity contribution is -0.131. The molecule has 0 radical (unpaired) electrons. The highest BCUT2D eigenvalue weighted by atomic mass is 16.5. The predicted octanol–water partition coefficient (Wildman–Crippen LogP) is 2.58. The molecule has 4 heteroatoms. The molecule has 0 fully saturated rings. The van der Waals surface area contributed by atoms with Crippen molar-refractivity contribution < 1.29 is 19.4 Å². The molecular weight excluding hydrogens is 220 g/mol. The van der Waals surface area contributed by atoms with Crippen LogP contribution in [0.15, 0.2) is 24.3 Å². The number of hydrogen-bond acceptors (Lipinski definition) is 3. The Hall–Kier alpha value is -1.97. The molecule has 92 valence electrons. The van der Waals surface area contributed by atoms with Crippen LogP contribution in [0.1, 0.15) is 19.4 Å². The first kappa shape index (κ1) is 13.1. The molecule has 4 nitrogen and oxygen atoms in total. The second-order valence-corrected chi connectivity index (χ2v) is 3.75. The van der Waals surface area contributed by atoms with Gasteiger partial charge in [-0.3, -0.25) is 0 Å². The highest BCUT2D eigenvalue weighted by Crippen LogP contribution is 2.29. The average molecular weight is 236 g/mol. The number of carboxylic acid groups (broad SMARTS) is 1. The first-order valence-corrected chi connectivity index (χ1v) is 5.28. The minimum absolute atomic E-state index is 0.0302. The molecule has 0 bridgehead atoms. The van der Waals surface area contributed by atoms with Crippen LogP contribution in [0.4, 0.5) is 0 Å². The lowest BCUT2D eigenvalue weighted by Gasteiger charge is -2.13. The molecule has 17 heavy (non-hydrogen) atoms. The topological polar surface area (TPSA) is 55.8 Å². The van der Waals surface area contributed by atoms with Gasteiger partial charge in [0, 0.05) is 6.08 Å². The third-order valence-corrected chi connectivity index (χ3v) is 1.97. The number of hydrogen-bond donors (Lipinski definition) is 1. The first-order valence-electron chi connectivity index (χ1n) is 5.28. The molecule has 0 amide bonds. The van der Waals surface area contributed by atoms with E-state index in [1.165, 1.54) is 6.08 Å². The van der Waals surface area contributed by atoms with Crippen molar-refractivity contribution in [2.45, 2.75) is 20.0 Å². The molecule has 0 saturated heterocycles. The van der Waals surface area contributed by atoms with E-state index in [4.69, 9.17) is 14.6 Å². The highest BCUT2D eigenvalue weighted by molar-refractivity contribution is 5.85. The van der Waals surface area contributed by atoms with Gasteiger partial charge in [-0.25, -0.2) is 4.79 Å². The molecule has 1 aromatic rings. The quantitative estimate of drug-likeness (QED) is 0.798. The van der Waals surface area contributed by atoms with Crippen molar-refractivity contribution in [3.05, 3.63) is 29.8 Å². The fourth-order valence-electron chi connectivity index (χ4n) is 1.31. The molecule has 0 saturated carbocycles. The van der Waals surface area contributed by atoms with E-state index in [9.17, 15) is 4.79 Å². The number of ether oxygens (including phenoxy) is 2. The predicted molar refractivity (Wildman–Crippen MR) is 65.4 cm³/mol. The van der Waals surface area contributed by atoms with Crippen molar-refractivity contribution in [2.75, 3.05) is 7.11 Å². The summed E-state index contributed by atoms with van der Waals surface area (Å²) in [6.45, 7) is 3.83. The minimum atomic E-state index is -0.979. The van der Waals surface area contributed by atoms with E-state index in [0.717, 1.165) is 11.6 Å². The standard InChI is InChI=1S/C13H16O4/c1-9(2)17-12-8-10(5-7-13(14)15)4-6-11(12)16-3/h4-9H,1-3H3,(H,14,15). The van der Waals surface area contributed by atoms with Crippen LogP contribution in [0.2, 0.25) is 0 Å². The number of benzene rings is 1. The van der Waals surface area contributed by atoms with Crippen molar-refractivity contribution >= 4 is 12.0 Å². The van der Waals surface area contributed by atoms with Gasteiger partial charge in [-0.1, -0.05) is 6.07 Å². The molecule has 0 aliphatic heterocycles. The van der Waals surface area contributed by atoms with Crippen LogP contribution in [0.25, 0.3) is 6.08 Å². The van der Waals surface area contributed by atoms with E-state index >= 15 is 0 Å². The zero-order valence-electron chi connectivity index (χ0n) is 10.1. The van der Waals surface area contributed by atoms with Gasteiger partial charge in [-0.2, -0.15) is 0 Å². The van der Waals surface area contributed by atoms with Gasteiger partial charge in [0.25, 0.3) is 0 Å². The van der Waals surface area contributed by atoms with E-state index in [1.54, 1.807) is 25.3 Å². The van der Waals surface area contributed by atoms with Crippen molar-refractivity contribution in [1.29, 1.82) is 0 Å². The Morgan fingerprint density at radius 2 is 2.06 bits per heavy atom. The largest absolute Gasteiger partial charge is 0.493 e. The summed E-state index contributed by atoms with van der Waals surface area (Å²) in [5.41, 5.74) is 0.754. The second-order valence-electron chi connectivity index (χ2n) is 3.75. The number of methoxy groups -OCH3 is 1. The summed E-state index contributed by atoms with van der Waals surface area (Å²) >= 11 is 0. The van der Waals surface area contributed by atoms with Crippen LogP contribution in [0.3, 0.4) is 0 Å². The maximum absolute atomic E-state index is 10.4. The van der Waals surface area contributed by atoms with Gasteiger partial charge in [-0.05, 0) is 37.6 Å². The van der Waals surface area contributed by atoms with E-state index in [1.807, 2.05) is 13.8 Å². The number of carboxylic acids is 1. The van der Waals surface area contributed by atoms with Crippen molar-refractivity contribution in [2.24, 2.45) is 0 Å². The fraction of sp³-hybridized carbons (Fsp3) is 0.308. The maximum Gasteiger partial charge on any atom is 0.328 e. The molecule has 0 aliphatic carbocycles. The van der Waals surface area contributed by atoms with Crippen molar-refractivity contribution in [3.63, 3.8) is 0 Å². The molecule has 0 unspecified atom stereocenters. The van der Waals surface area contributed by atoms with E-state index < -0.39 is 5.97 Å². The Balaban J connectivity index is 2.99. The van der Waals surface area contributed by atoms with Crippen molar-refractivity contribution in [3.8, 4) is 11.5 Å². The SMILES string of the molecule is COc1ccc(C=CC(=O)O)cc1OC(C)C. The Morgan fingerprint density at radius 3 is 2.59 bits per heavy atom. The summed E-state index contributed by atoms with van der Waals surface area (Å²) in [5, 5.41) is 8.55. The zero-order chi connectivity index (χ0) is 12.8. The van der Waals surface area contributed by atoms with E-state index in [2.05, 4.69) is 0 Å². The summed E-state index contributed by atoms with van der Waals surface area (Å²) < 4.78 is 10.7. The number of carbonyl (C=O) groups is 1. The summed E-state index contributed by atoms with van der Waals surface area (Å²) in [6, 6.07) is 5.27. The molecule has 0 aromatic heterocycles. The van der Waals surface area contributed by atoms with Gasteiger partial charge in [0.15, 0.2) is 11.5 Å². The lowest BCUT2D eigenvalue weighted by Crippen LogP contribution is -2.06. The third-order valence-electron chi connectivity index (χ3n) is 1.97. The second kappa shape index (κ2) is 5.94. The maximum atomic E-state index is 10.4. The van der Waals surface area contributed by atoms with E-state index in [0.29, 0.717) is 11.5 Å². The molecule has 0 heterocycles. The molecule has 1 rings (SSSR count). The zero-order valence-corrected chi connectivity index (χ0v) is 10.1. The lowest BCUT2D eigenvalue weighted by atomic mass is 10.2. The van der Waals surface area contributed by atoms with Crippen LogP contribution in [-0.2, 0) is 4.79 Å². The fourth-order valence-corrected chi connectivity index (χ4v) is 1.31. The van der Waals surface area contributed by atoms with Gasteiger partial charge in [0.1, 0.15) is 0 Å². The highest BCUT2D eigenvalue weighted by Gasteiger charge is 2.06. The monoisotopic (exact) mass is 236 g/mol. The third kappa shape index (κ3) is 4.18. The average Bonchev–Trinajstić information content (AvgIpc) is 2.25. The number of aliphatic carboxylic acids is 1. The Bertz CT molecular complexity index is 421. The van der Waals surface area contributed by atoms with Crippen molar-refractivity contribution in [1.82, 2.24) is 0 Å². The van der Waals surface area contributed by atoms with Gasteiger partial charge in [-0.15, -0.1) is 0 Å². The van der Waals surface area contributed by atoms with E-state index in [-0.39, 0.29) is 6.10 Å². The summed E-state index contributed by atoms with van der Waals surface area (Å²) in [6.07, 6.45) is 2.62. The Morgan fingerprint density at radius 1 is 1.35 bits per heavy atom. The minimum Gasteiger partial charge on any atom is -0.493 e. The Labute approximate surface area is 100 Å². The molecular formula is C13H16O4. The van der Waals surface area contributed by atoms with Crippen LogP contribution in [0, 0.1) is 0 Å². The molecule has 0 aliphatic rings. The smallest absolute Gasteiger partial charge is 0.328 e. The van der Waals surface area contributed by atoms with Crippen LogP contribution in [0.5, 0.6) is 11.5 Å². The summed E-state index contributed by atoms with van der Waals surface area (Å²) in [7, 11) is 1.56. The van der Waals surface area contributed by atoms with Crippen LogP contribution < -0.4 is 9.47 Å². The first-order chi connectivity index (χ1) is 8.02. The van der Waals surface area contributed by atoms with Crippen LogP contribution in [-0.4, -0.2) is 24.3 Å². The Kier molecular flexibility index (Phi) is 4.57. The van der Waals surface area contributed by atoms with Gasteiger partial charge in [0.05, 0.1) is 13.2 Å². The molecule has 1 N–H and O–H groups in total. The molecule has 1 aromatic carbocycles. The summed E-state index contributed by atoms with van der Waals surface area (Å²) in [5.74, 6) is 0.258.